The van der Waals surface area contributed by atoms with E-state index in [0.717, 1.165) is 32.2 Å². The summed E-state index contributed by atoms with van der Waals surface area (Å²) in [6, 6.07) is 0.0545. The number of hydrogen-bond donors (Lipinski definition) is 3. The SMILES string of the molecule is COCC(C)NC(=O)CNCCCCCCO. The van der Waals surface area contributed by atoms with Crippen LogP contribution in [0.4, 0.5) is 0 Å². The summed E-state index contributed by atoms with van der Waals surface area (Å²) in [5.74, 6) is 0.00454. The van der Waals surface area contributed by atoms with Crippen molar-refractivity contribution < 1.29 is 14.6 Å². The predicted molar refractivity (Wildman–Crippen MR) is 67.9 cm³/mol. The lowest BCUT2D eigenvalue weighted by Gasteiger charge is -2.12. The Kier molecular flexibility index (Phi) is 11.4. The highest BCUT2D eigenvalue weighted by Crippen LogP contribution is 1.97. The molecule has 0 aromatic rings. The molecule has 5 heteroatoms. The van der Waals surface area contributed by atoms with Crippen LogP contribution in [0.5, 0.6) is 0 Å². The summed E-state index contributed by atoms with van der Waals surface area (Å²) in [7, 11) is 1.62. The van der Waals surface area contributed by atoms with Crippen molar-refractivity contribution in [1.82, 2.24) is 10.6 Å². The second kappa shape index (κ2) is 11.8. The number of rotatable bonds is 11. The van der Waals surface area contributed by atoms with E-state index in [9.17, 15) is 4.79 Å². The molecule has 3 N–H and O–H groups in total. The molecule has 1 unspecified atom stereocenters. The molecule has 1 amide bonds. The van der Waals surface area contributed by atoms with Gasteiger partial charge in [-0.3, -0.25) is 4.79 Å². The van der Waals surface area contributed by atoms with Gasteiger partial charge in [0.05, 0.1) is 13.2 Å². The van der Waals surface area contributed by atoms with Gasteiger partial charge in [-0.2, -0.15) is 0 Å². The van der Waals surface area contributed by atoms with Crippen LogP contribution in [-0.4, -0.2) is 50.5 Å². The van der Waals surface area contributed by atoms with E-state index in [4.69, 9.17) is 9.84 Å². The molecule has 0 radical (unpaired) electrons. The molecule has 1 atom stereocenters. The Morgan fingerprint density at radius 1 is 1.29 bits per heavy atom. The van der Waals surface area contributed by atoms with E-state index in [1.54, 1.807) is 7.11 Å². The molecule has 0 spiro atoms. The number of aliphatic hydroxyl groups excluding tert-OH is 1. The molecule has 0 rings (SSSR count). The van der Waals surface area contributed by atoms with E-state index in [1.165, 1.54) is 0 Å². The number of methoxy groups -OCH3 is 1. The average molecular weight is 246 g/mol. The van der Waals surface area contributed by atoms with Crippen molar-refractivity contribution in [1.29, 1.82) is 0 Å². The first-order valence-corrected chi connectivity index (χ1v) is 6.30. The van der Waals surface area contributed by atoms with Gasteiger partial charge in [-0.05, 0) is 26.3 Å². The predicted octanol–water partition coefficient (Wildman–Crippen LogP) is 0.280. The zero-order valence-corrected chi connectivity index (χ0v) is 11.0. The van der Waals surface area contributed by atoms with Crippen molar-refractivity contribution in [2.24, 2.45) is 0 Å². The lowest BCUT2D eigenvalue weighted by atomic mass is 10.2. The van der Waals surface area contributed by atoms with E-state index in [0.29, 0.717) is 13.2 Å². The maximum atomic E-state index is 11.4. The van der Waals surface area contributed by atoms with Gasteiger partial charge < -0.3 is 20.5 Å². The highest BCUT2D eigenvalue weighted by molar-refractivity contribution is 5.78. The van der Waals surface area contributed by atoms with Crippen molar-refractivity contribution >= 4 is 5.91 Å². The Morgan fingerprint density at radius 2 is 2.00 bits per heavy atom. The third-order valence-corrected chi connectivity index (χ3v) is 2.37. The highest BCUT2D eigenvalue weighted by Gasteiger charge is 2.05. The molecule has 102 valence electrons. The Bertz CT molecular complexity index is 189. The average Bonchev–Trinajstić information content (AvgIpc) is 2.28. The van der Waals surface area contributed by atoms with Crippen LogP contribution in [0.3, 0.4) is 0 Å². The smallest absolute Gasteiger partial charge is 0.234 e. The largest absolute Gasteiger partial charge is 0.396 e. The first kappa shape index (κ1) is 16.4. The monoisotopic (exact) mass is 246 g/mol. The number of unbranched alkanes of at least 4 members (excludes halogenated alkanes) is 3. The van der Waals surface area contributed by atoms with Crippen LogP contribution in [0.15, 0.2) is 0 Å². The van der Waals surface area contributed by atoms with E-state index in [1.807, 2.05) is 6.92 Å². The minimum absolute atomic E-state index is 0.00454. The van der Waals surface area contributed by atoms with Crippen molar-refractivity contribution in [3.05, 3.63) is 0 Å². The molecule has 0 saturated carbocycles. The Labute approximate surface area is 104 Å². The van der Waals surface area contributed by atoms with Crippen molar-refractivity contribution in [2.45, 2.75) is 38.6 Å². The van der Waals surface area contributed by atoms with Crippen molar-refractivity contribution in [3.8, 4) is 0 Å². The van der Waals surface area contributed by atoms with Gasteiger partial charge in [0.25, 0.3) is 0 Å². The topological polar surface area (TPSA) is 70.6 Å². The number of nitrogens with one attached hydrogen (secondary N) is 2. The zero-order valence-electron chi connectivity index (χ0n) is 11.0. The van der Waals surface area contributed by atoms with E-state index < -0.39 is 0 Å². The van der Waals surface area contributed by atoms with Gasteiger partial charge in [-0.15, -0.1) is 0 Å². The van der Waals surface area contributed by atoms with E-state index >= 15 is 0 Å². The lowest BCUT2D eigenvalue weighted by molar-refractivity contribution is -0.121. The zero-order chi connectivity index (χ0) is 12.9. The maximum Gasteiger partial charge on any atom is 0.234 e. The van der Waals surface area contributed by atoms with Crippen LogP contribution in [0.2, 0.25) is 0 Å². The summed E-state index contributed by atoms with van der Waals surface area (Å²) in [5, 5.41) is 14.5. The van der Waals surface area contributed by atoms with Crippen molar-refractivity contribution in [2.75, 3.05) is 33.4 Å². The molecular formula is C12H26N2O3. The van der Waals surface area contributed by atoms with Gasteiger partial charge in [-0.25, -0.2) is 0 Å². The summed E-state index contributed by atoms with van der Waals surface area (Å²) in [5.41, 5.74) is 0. The van der Waals surface area contributed by atoms with Crippen LogP contribution < -0.4 is 10.6 Å². The maximum absolute atomic E-state index is 11.4. The summed E-state index contributed by atoms with van der Waals surface area (Å²) in [6.45, 7) is 3.92. The molecule has 0 aliphatic carbocycles. The third kappa shape index (κ3) is 11.6. The van der Waals surface area contributed by atoms with Gasteiger partial charge >= 0.3 is 0 Å². The van der Waals surface area contributed by atoms with Gasteiger partial charge in [-0.1, -0.05) is 12.8 Å². The molecule has 5 nitrogen and oxygen atoms in total. The number of amides is 1. The molecule has 0 saturated heterocycles. The normalized spacial score (nSPS) is 12.4. The van der Waals surface area contributed by atoms with Gasteiger partial charge in [0.1, 0.15) is 0 Å². The van der Waals surface area contributed by atoms with Crippen LogP contribution in [0, 0.1) is 0 Å². The molecule has 0 heterocycles. The molecule has 17 heavy (non-hydrogen) atoms. The van der Waals surface area contributed by atoms with Crippen LogP contribution in [-0.2, 0) is 9.53 Å². The fourth-order valence-corrected chi connectivity index (χ4v) is 1.53. The fourth-order valence-electron chi connectivity index (χ4n) is 1.53. The lowest BCUT2D eigenvalue weighted by Crippen LogP contribution is -2.41. The number of hydrogen-bond acceptors (Lipinski definition) is 4. The second-order valence-corrected chi connectivity index (χ2v) is 4.24. The first-order valence-electron chi connectivity index (χ1n) is 6.30. The third-order valence-electron chi connectivity index (χ3n) is 2.37. The Hall–Kier alpha value is -0.650. The molecule has 0 aliphatic rings. The standard InChI is InChI=1S/C12H26N2O3/c1-11(10-17-2)14-12(16)9-13-7-5-3-4-6-8-15/h11,13,15H,3-10H2,1-2H3,(H,14,16). The molecule has 0 bridgehead atoms. The quantitative estimate of drug-likeness (QED) is 0.458. The van der Waals surface area contributed by atoms with E-state index in [2.05, 4.69) is 10.6 Å². The van der Waals surface area contributed by atoms with Crippen LogP contribution >= 0.6 is 0 Å². The minimum Gasteiger partial charge on any atom is -0.396 e. The summed E-state index contributed by atoms with van der Waals surface area (Å²) >= 11 is 0. The summed E-state index contributed by atoms with van der Waals surface area (Å²) in [4.78, 5) is 11.4. The molecule has 0 fully saturated rings. The Morgan fingerprint density at radius 3 is 2.65 bits per heavy atom. The highest BCUT2D eigenvalue weighted by atomic mass is 16.5. The number of ether oxygens (including phenoxy) is 1. The molecular weight excluding hydrogens is 220 g/mol. The number of carbonyl (C=O) groups is 1. The molecule has 0 aromatic heterocycles. The number of carbonyl (C=O) groups excluding carboxylic acids is 1. The second-order valence-electron chi connectivity index (χ2n) is 4.24. The van der Waals surface area contributed by atoms with Crippen molar-refractivity contribution in [3.63, 3.8) is 0 Å². The fraction of sp³-hybridized carbons (Fsp3) is 0.917. The minimum atomic E-state index is 0.00454. The van der Waals surface area contributed by atoms with E-state index in [-0.39, 0.29) is 18.6 Å². The van der Waals surface area contributed by atoms with Gasteiger partial charge in [0.15, 0.2) is 0 Å². The first-order chi connectivity index (χ1) is 8.20. The van der Waals surface area contributed by atoms with Crippen LogP contribution in [0.25, 0.3) is 0 Å². The van der Waals surface area contributed by atoms with Gasteiger partial charge in [0.2, 0.25) is 5.91 Å². The summed E-state index contributed by atoms with van der Waals surface area (Å²) in [6.07, 6.45) is 4.06. The molecule has 0 aliphatic heterocycles. The number of aliphatic hydroxyl groups is 1. The van der Waals surface area contributed by atoms with Crippen LogP contribution in [0.1, 0.15) is 32.6 Å². The Balaban J connectivity index is 3.27. The summed E-state index contributed by atoms with van der Waals surface area (Å²) < 4.78 is 4.93. The van der Waals surface area contributed by atoms with Gasteiger partial charge in [0, 0.05) is 19.8 Å². The molecule has 0 aromatic carbocycles.